The first-order valence-electron chi connectivity index (χ1n) is 5.80. The lowest BCUT2D eigenvalue weighted by Gasteiger charge is -2.29. The zero-order valence-corrected chi connectivity index (χ0v) is 9.72. The summed E-state index contributed by atoms with van der Waals surface area (Å²) in [6, 6.07) is 8.47. The van der Waals surface area contributed by atoms with Crippen LogP contribution in [0.5, 0.6) is 0 Å². The predicted molar refractivity (Wildman–Crippen MR) is 63.4 cm³/mol. The summed E-state index contributed by atoms with van der Waals surface area (Å²) in [6.45, 7) is 2.54. The number of ether oxygens (including phenoxy) is 1. The molecule has 1 aliphatic rings. The molecule has 0 saturated heterocycles. The summed E-state index contributed by atoms with van der Waals surface area (Å²) < 4.78 is 5.80. The van der Waals surface area contributed by atoms with Gasteiger partial charge in [-0.25, -0.2) is 0 Å². The Morgan fingerprint density at radius 2 is 2.25 bits per heavy atom. The minimum absolute atomic E-state index is 0.154. The number of hydrogen-bond donors (Lipinski definition) is 1. The summed E-state index contributed by atoms with van der Waals surface area (Å²) >= 11 is 0. The highest BCUT2D eigenvalue weighted by Gasteiger charge is 2.21. The first-order valence-corrected chi connectivity index (χ1v) is 5.80. The highest BCUT2D eigenvalue weighted by molar-refractivity contribution is 5.31. The van der Waals surface area contributed by atoms with Gasteiger partial charge in [0.25, 0.3) is 0 Å². The van der Waals surface area contributed by atoms with E-state index in [-0.39, 0.29) is 12.7 Å². The molecule has 0 aliphatic carbocycles. The lowest BCUT2D eigenvalue weighted by molar-refractivity contribution is 0.0186. The maximum atomic E-state index is 8.88. The second kappa shape index (κ2) is 5.43. The molecule has 0 spiro atoms. The van der Waals surface area contributed by atoms with Crippen LogP contribution in [0.25, 0.3) is 0 Å². The van der Waals surface area contributed by atoms with Crippen molar-refractivity contribution in [2.24, 2.45) is 0 Å². The Bertz CT molecular complexity index is 340. The van der Waals surface area contributed by atoms with Gasteiger partial charge in [-0.1, -0.05) is 24.3 Å². The van der Waals surface area contributed by atoms with Crippen molar-refractivity contribution < 1.29 is 9.84 Å². The molecule has 2 rings (SSSR count). The van der Waals surface area contributed by atoms with Crippen molar-refractivity contribution in [3.8, 4) is 0 Å². The van der Waals surface area contributed by atoms with E-state index in [1.54, 1.807) is 0 Å². The fraction of sp³-hybridized carbons (Fsp3) is 0.538. The van der Waals surface area contributed by atoms with Crippen molar-refractivity contribution in [3.05, 3.63) is 35.4 Å². The number of aliphatic hydroxyl groups excluding tert-OH is 1. The lowest BCUT2D eigenvalue weighted by atomic mass is 9.97. The summed E-state index contributed by atoms with van der Waals surface area (Å²) in [5.74, 6) is 0. The van der Waals surface area contributed by atoms with Crippen molar-refractivity contribution >= 4 is 0 Å². The number of rotatable bonds is 4. The predicted octanol–water partition coefficient (Wildman–Crippen LogP) is 1.22. The minimum Gasteiger partial charge on any atom is -0.395 e. The van der Waals surface area contributed by atoms with Crippen LogP contribution in [0.1, 0.15) is 17.2 Å². The molecule has 1 atom stereocenters. The Morgan fingerprint density at radius 1 is 1.44 bits per heavy atom. The van der Waals surface area contributed by atoms with Gasteiger partial charge in [-0.2, -0.15) is 0 Å². The summed E-state index contributed by atoms with van der Waals surface area (Å²) in [4.78, 5) is 2.10. The van der Waals surface area contributed by atoms with Crippen LogP contribution in [0.3, 0.4) is 0 Å². The molecule has 0 radical (unpaired) electrons. The molecular weight excluding hydrogens is 202 g/mol. The van der Waals surface area contributed by atoms with E-state index in [2.05, 4.69) is 29.2 Å². The second-order valence-corrected chi connectivity index (χ2v) is 4.29. The normalized spacial score (nSPS) is 19.8. The highest BCUT2D eigenvalue weighted by atomic mass is 16.5. The van der Waals surface area contributed by atoms with E-state index in [0.29, 0.717) is 6.54 Å². The molecule has 1 heterocycles. The molecule has 1 unspecified atom stereocenters. The van der Waals surface area contributed by atoms with Gasteiger partial charge in [0.05, 0.1) is 19.3 Å². The van der Waals surface area contributed by atoms with E-state index in [0.717, 1.165) is 19.6 Å². The largest absolute Gasteiger partial charge is 0.395 e. The Labute approximate surface area is 96.6 Å². The maximum absolute atomic E-state index is 8.88. The van der Waals surface area contributed by atoms with Crippen LogP contribution in [-0.2, 0) is 11.2 Å². The van der Waals surface area contributed by atoms with Gasteiger partial charge in [0, 0.05) is 13.1 Å². The molecule has 0 aromatic heterocycles. The van der Waals surface area contributed by atoms with Gasteiger partial charge >= 0.3 is 0 Å². The number of aliphatic hydroxyl groups is 1. The maximum Gasteiger partial charge on any atom is 0.0954 e. The van der Waals surface area contributed by atoms with Gasteiger partial charge in [-0.3, -0.25) is 0 Å². The topological polar surface area (TPSA) is 32.7 Å². The molecule has 3 nitrogen and oxygen atoms in total. The van der Waals surface area contributed by atoms with Crippen LogP contribution >= 0.6 is 0 Å². The van der Waals surface area contributed by atoms with Crippen LogP contribution in [0.15, 0.2) is 24.3 Å². The standard InChI is InChI=1S/C13H19NO2/c1-14(7-8-15)10-13-12-5-3-2-4-11(12)6-9-16-13/h2-5,13,15H,6-10H2,1H3. The Hall–Kier alpha value is -0.900. The quantitative estimate of drug-likeness (QED) is 0.830. The fourth-order valence-corrected chi connectivity index (χ4v) is 2.17. The molecule has 1 aromatic rings. The lowest BCUT2D eigenvalue weighted by Crippen LogP contribution is -2.31. The molecule has 3 heteroatoms. The molecule has 0 saturated carbocycles. The third kappa shape index (κ3) is 2.61. The van der Waals surface area contributed by atoms with Gasteiger partial charge in [0.15, 0.2) is 0 Å². The van der Waals surface area contributed by atoms with E-state index in [4.69, 9.17) is 9.84 Å². The van der Waals surface area contributed by atoms with Gasteiger partial charge in [0.1, 0.15) is 0 Å². The SMILES string of the molecule is CN(CCO)CC1OCCc2ccccc21. The summed E-state index contributed by atoms with van der Waals surface area (Å²) in [5, 5.41) is 8.88. The van der Waals surface area contributed by atoms with Crippen molar-refractivity contribution in [2.45, 2.75) is 12.5 Å². The van der Waals surface area contributed by atoms with E-state index in [1.165, 1.54) is 11.1 Å². The van der Waals surface area contributed by atoms with Crippen molar-refractivity contribution in [2.75, 3.05) is 33.4 Å². The van der Waals surface area contributed by atoms with Crippen LogP contribution in [0, 0.1) is 0 Å². The Balaban J connectivity index is 2.07. The van der Waals surface area contributed by atoms with Crippen LogP contribution in [0.2, 0.25) is 0 Å². The Morgan fingerprint density at radius 3 is 3.06 bits per heavy atom. The first-order chi connectivity index (χ1) is 7.81. The molecule has 0 fully saturated rings. The molecule has 0 amide bonds. The van der Waals surface area contributed by atoms with E-state index in [1.807, 2.05) is 7.05 Å². The number of nitrogens with zero attached hydrogens (tertiary/aromatic N) is 1. The average molecular weight is 221 g/mol. The number of benzene rings is 1. The molecule has 0 bridgehead atoms. The average Bonchev–Trinajstić information content (AvgIpc) is 2.30. The second-order valence-electron chi connectivity index (χ2n) is 4.29. The summed E-state index contributed by atoms with van der Waals surface area (Å²) in [5.41, 5.74) is 2.70. The smallest absolute Gasteiger partial charge is 0.0954 e. The number of likely N-dealkylation sites (N-methyl/N-ethyl adjacent to an activating group) is 1. The molecule has 1 aliphatic heterocycles. The molecular formula is C13H19NO2. The van der Waals surface area contributed by atoms with Crippen LogP contribution in [-0.4, -0.2) is 43.4 Å². The number of fused-ring (bicyclic) bond motifs is 1. The van der Waals surface area contributed by atoms with Crippen molar-refractivity contribution in [1.82, 2.24) is 4.90 Å². The third-order valence-corrected chi connectivity index (χ3v) is 3.05. The highest BCUT2D eigenvalue weighted by Crippen LogP contribution is 2.27. The molecule has 1 aromatic carbocycles. The zero-order valence-electron chi connectivity index (χ0n) is 9.72. The van der Waals surface area contributed by atoms with Gasteiger partial charge in [-0.15, -0.1) is 0 Å². The van der Waals surface area contributed by atoms with Crippen LogP contribution in [0.4, 0.5) is 0 Å². The fourth-order valence-electron chi connectivity index (χ4n) is 2.17. The van der Waals surface area contributed by atoms with Gasteiger partial charge in [0.2, 0.25) is 0 Å². The monoisotopic (exact) mass is 221 g/mol. The Kier molecular flexibility index (Phi) is 3.93. The molecule has 16 heavy (non-hydrogen) atoms. The molecule has 1 N–H and O–H groups in total. The summed E-state index contributed by atoms with van der Waals surface area (Å²) in [7, 11) is 2.01. The summed E-state index contributed by atoms with van der Waals surface area (Å²) in [6.07, 6.45) is 1.16. The molecule has 88 valence electrons. The van der Waals surface area contributed by atoms with E-state index < -0.39 is 0 Å². The van der Waals surface area contributed by atoms with E-state index >= 15 is 0 Å². The van der Waals surface area contributed by atoms with Gasteiger partial charge in [-0.05, 0) is 24.6 Å². The van der Waals surface area contributed by atoms with Crippen molar-refractivity contribution in [3.63, 3.8) is 0 Å². The third-order valence-electron chi connectivity index (χ3n) is 3.05. The zero-order chi connectivity index (χ0) is 11.4. The number of hydrogen-bond acceptors (Lipinski definition) is 3. The van der Waals surface area contributed by atoms with E-state index in [9.17, 15) is 0 Å². The van der Waals surface area contributed by atoms with Crippen LogP contribution < -0.4 is 0 Å². The minimum atomic E-state index is 0.154. The first kappa shape index (κ1) is 11.6. The van der Waals surface area contributed by atoms with Gasteiger partial charge < -0.3 is 14.7 Å². The van der Waals surface area contributed by atoms with Crippen molar-refractivity contribution in [1.29, 1.82) is 0 Å².